The molecule has 72 valence electrons. The van der Waals surface area contributed by atoms with Gasteiger partial charge in [0.25, 0.3) is 0 Å². The molecule has 3 nitrogen and oxygen atoms in total. The van der Waals surface area contributed by atoms with E-state index in [0.717, 1.165) is 11.7 Å². The van der Waals surface area contributed by atoms with Crippen molar-refractivity contribution in [2.75, 3.05) is 0 Å². The van der Waals surface area contributed by atoms with Crippen molar-refractivity contribution in [1.29, 1.82) is 0 Å². The Balaban J connectivity index is 1.89. The first-order chi connectivity index (χ1) is 6.25. The van der Waals surface area contributed by atoms with Gasteiger partial charge < -0.3 is 9.30 Å². The summed E-state index contributed by atoms with van der Waals surface area (Å²) in [6.45, 7) is 4.72. The number of ether oxygens (including phenoxy) is 1. The van der Waals surface area contributed by atoms with Gasteiger partial charge in [-0.05, 0) is 26.7 Å². The molecule has 1 aromatic rings. The number of aromatic nitrogens is 2. The Bertz CT molecular complexity index is 276. The van der Waals surface area contributed by atoms with Gasteiger partial charge in [-0.15, -0.1) is 0 Å². The average molecular weight is 180 g/mol. The molecule has 0 aliphatic heterocycles. The first kappa shape index (κ1) is 8.75. The summed E-state index contributed by atoms with van der Waals surface area (Å²) in [5, 5.41) is 0. The molecule has 1 fully saturated rings. The Morgan fingerprint density at radius 2 is 2.38 bits per heavy atom. The van der Waals surface area contributed by atoms with Crippen LogP contribution >= 0.6 is 0 Å². The van der Waals surface area contributed by atoms with Crippen molar-refractivity contribution >= 4 is 0 Å². The molecule has 1 heterocycles. The standard InChI is InChI=1S/C10H16N2O/c1-8(2)13-6-9-5-12(7-11-9)10-3-4-10/h5,7-8,10H,3-4,6H2,1-2H3. The van der Waals surface area contributed by atoms with Gasteiger partial charge in [0.15, 0.2) is 0 Å². The smallest absolute Gasteiger partial charge is 0.0953 e. The van der Waals surface area contributed by atoms with Crippen LogP contribution < -0.4 is 0 Å². The summed E-state index contributed by atoms with van der Waals surface area (Å²) in [4.78, 5) is 4.29. The lowest BCUT2D eigenvalue weighted by molar-refractivity contribution is 0.0637. The maximum absolute atomic E-state index is 5.47. The minimum absolute atomic E-state index is 0.283. The van der Waals surface area contributed by atoms with Crippen LogP contribution in [0.3, 0.4) is 0 Å². The maximum atomic E-state index is 5.47. The van der Waals surface area contributed by atoms with Gasteiger partial charge in [0.05, 0.1) is 24.7 Å². The van der Waals surface area contributed by atoms with Crippen LogP contribution in [0.15, 0.2) is 12.5 Å². The average Bonchev–Trinajstić information content (AvgIpc) is 2.83. The summed E-state index contributed by atoms with van der Waals surface area (Å²) >= 11 is 0. The van der Waals surface area contributed by atoms with E-state index in [9.17, 15) is 0 Å². The molecular formula is C10H16N2O. The van der Waals surface area contributed by atoms with E-state index in [1.54, 1.807) is 0 Å². The van der Waals surface area contributed by atoms with Crippen LogP contribution in [0.25, 0.3) is 0 Å². The highest BCUT2D eigenvalue weighted by atomic mass is 16.5. The largest absolute Gasteiger partial charge is 0.372 e. The van der Waals surface area contributed by atoms with Crippen LogP contribution in [-0.4, -0.2) is 15.7 Å². The zero-order chi connectivity index (χ0) is 9.26. The highest BCUT2D eigenvalue weighted by Crippen LogP contribution is 2.34. The minimum atomic E-state index is 0.283. The highest BCUT2D eigenvalue weighted by Gasteiger charge is 2.23. The number of hydrogen-bond acceptors (Lipinski definition) is 2. The van der Waals surface area contributed by atoms with Crippen molar-refractivity contribution in [2.24, 2.45) is 0 Å². The molecule has 0 unspecified atom stereocenters. The monoisotopic (exact) mass is 180 g/mol. The predicted octanol–water partition coefficient (Wildman–Crippen LogP) is 2.14. The Labute approximate surface area is 78.7 Å². The summed E-state index contributed by atoms with van der Waals surface area (Å²) in [6.07, 6.45) is 6.91. The molecule has 0 spiro atoms. The lowest BCUT2D eigenvalue weighted by Gasteiger charge is -2.04. The van der Waals surface area contributed by atoms with Crippen LogP contribution in [0, 0.1) is 0 Å². The van der Waals surface area contributed by atoms with Crippen molar-refractivity contribution in [3.05, 3.63) is 18.2 Å². The Kier molecular flexibility index (Phi) is 2.36. The van der Waals surface area contributed by atoms with Crippen molar-refractivity contribution in [2.45, 2.75) is 45.4 Å². The van der Waals surface area contributed by atoms with Crippen molar-refractivity contribution in [3.8, 4) is 0 Å². The molecule has 1 saturated carbocycles. The molecule has 0 bridgehead atoms. The molecule has 1 aliphatic carbocycles. The molecular weight excluding hydrogens is 164 g/mol. The molecule has 3 heteroatoms. The Hall–Kier alpha value is -0.830. The van der Waals surface area contributed by atoms with Gasteiger partial charge in [-0.25, -0.2) is 4.98 Å². The quantitative estimate of drug-likeness (QED) is 0.709. The zero-order valence-electron chi connectivity index (χ0n) is 8.23. The van der Waals surface area contributed by atoms with Gasteiger partial charge in [0.2, 0.25) is 0 Å². The third kappa shape index (κ3) is 2.31. The van der Waals surface area contributed by atoms with Gasteiger partial charge >= 0.3 is 0 Å². The topological polar surface area (TPSA) is 27.1 Å². The third-order valence-electron chi connectivity index (χ3n) is 2.19. The van der Waals surface area contributed by atoms with Crippen molar-refractivity contribution < 1.29 is 4.74 Å². The van der Waals surface area contributed by atoms with Gasteiger partial charge in [-0.1, -0.05) is 0 Å². The molecule has 0 aromatic carbocycles. The SMILES string of the molecule is CC(C)OCc1cn(C2CC2)cn1. The molecule has 1 aromatic heterocycles. The van der Waals surface area contributed by atoms with E-state index in [1.165, 1.54) is 12.8 Å². The fraction of sp³-hybridized carbons (Fsp3) is 0.700. The van der Waals surface area contributed by atoms with Crippen molar-refractivity contribution in [3.63, 3.8) is 0 Å². The molecule has 0 atom stereocenters. The highest BCUT2D eigenvalue weighted by molar-refractivity contribution is 4.99. The second-order valence-corrected chi connectivity index (χ2v) is 3.90. The van der Waals surface area contributed by atoms with Gasteiger partial charge in [0.1, 0.15) is 0 Å². The van der Waals surface area contributed by atoms with Crippen LogP contribution in [0.2, 0.25) is 0 Å². The van der Waals surface area contributed by atoms with E-state index in [-0.39, 0.29) is 6.10 Å². The Morgan fingerprint density at radius 3 is 3.00 bits per heavy atom. The first-order valence-corrected chi connectivity index (χ1v) is 4.89. The van der Waals surface area contributed by atoms with E-state index in [2.05, 4.69) is 15.7 Å². The molecule has 13 heavy (non-hydrogen) atoms. The third-order valence-corrected chi connectivity index (χ3v) is 2.19. The zero-order valence-corrected chi connectivity index (χ0v) is 8.23. The van der Waals surface area contributed by atoms with Crippen LogP contribution in [-0.2, 0) is 11.3 Å². The summed E-state index contributed by atoms with van der Waals surface area (Å²) in [5.41, 5.74) is 1.04. The van der Waals surface area contributed by atoms with Gasteiger partial charge in [0, 0.05) is 12.2 Å². The maximum Gasteiger partial charge on any atom is 0.0953 e. The molecule has 0 N–H and O–H groups in total. The fourth-order valence-corrected chi connectivity index (χ4v) is 1.28. The van der Waals surface area contributed by atoms with Gasteiger partial charge in [-0.2, -0.15) is 0 Å². The Morgan fingerprint density at radius 1 is 1.62 bits per heavy atom. The summed E-state index contributed by atoms with van der Waals surface area (Å²) < 4.78 is 7.66. The summed E-state index contributed by atoms with van der Waals surface area (Å²) in [6, 6.07) is 0.722. The molecule has 0 saturated heterocycles. The second kappa shape index (κ2) is 3.50. The minimum Gasteiger partial charge on any atom is -0.372 e. The normalized spacial score (nSPS) is 16.8. The van der Waals surface area contributed by atoms with E-state index >= 15 is 0 Å². The fourth-order valence-electron chi connectivity index (χ4n) is 1.28. The van der Waals surface area contributed by atoms with Crippen LogP contribution in [0.5, 0.6) is 0 Å². The number of imidazole rings is 1. The van der Waals surface area contributed by atoms with E-state index in [4.69, 9.17) is 4.74 Å². The van der Waals surface area contributed by atoms with E-state index < -0.39 is 0 Å². The lowest BCUT2D eigenvalue weighted by Crippen LogP contribution is -2.02. The molecule has 0 radical (unpaired) electrons. The summed E-state index contributed by atoms with van der Waals surface area (Å²) in [5.74, 6) is 0. The van der Waals surface area contributed by atoms with Crippen molar-refractivity contribution in [1.82, 2.24) is 9.55 Å². The summed E-state index contributed by atoms with van der Waals surface area (Å²) in [7, 11) is 0. The lowest BCUT2D eigenvalue weighted by atomic mass is 10.4. The molecule has 1 aliphatic rings. The number of nitrogens with zero attached hydrogens (tertiary/aromatic N) is 2. The van der Waals surface area contributed by atoms with E-state index in [1.807, 2.05) is 20.2 Å². The number of rotatable bonds is 4. The van der Waals surface area contributed by atoms with E-state index in [0.29, 0.717) is 6.61 Å². The predicted molar refractivity (Wildman–Crippen MR) is 50.4 cm³/mol. The number of hydrogen-bond donors (Lipinski definition) is 0. The van der Waals surface area contributed by atoms with Crippen LogP contribution in [0.4, 0.5) is 0 Å². The second-order valence-electron chi connectivity index (χ2n) is 3.90. The molecule has 2 rings (SSSR count). The van der Waals surface area contributed by atoms with Crippen LogP contribution in [0.1, 0.15) is 38.4 Å². The van der Waals surface area contributed by atoms with Gasteiger partial charge in [-0.3, -0.25) is 0 Å². The molecule has 0 amide bonds. The first-order valence-electron chi connectivity index (χ1n) is 4.89.